The highest BCUT2D eigenvalue weighted by molar-refractivity contribution is 7.80. The highest BCUT2D eigenvalue weighted by atomic mass is 32.1. The van der Waals surface area contributed by atoms with Gasteiger partial charge in [0.05, 0.1) is 30.0 Å². The lowest BCUT2D eigenvalue weighted by Gasteiger charge is -2.28. The molecule has 4 aromatic rings. The van der Waals surface area contributed by atoms with Gasteiger partial charge in [-0.15, -0.1) is 0 Å². The average molecular weight is 511 g/mol. The number of thiocarbonyl (C=S) groups is 1. The molecule has 5 rings (SSSR count). The SMILES string of the molecule is Cc1ccc(C)c(NC(=O)CCN2C(=S)N[C@H](c3ccccn3)[C@@H]2c2cccn2Cc2ccccn2)c1. The highest BCUT2D eigenvalue weighted by Gasteiger charge is 2.41. The standard InChI is InChI=1S/C29H30N6OS/c1-20-11-12-21(2)24(18-20)32-26(36)13-17-35-28(27(33-29(35)37)23-9-4-6-15-31-23)25-10-7-16-34(25)19-22-8-3-5-14-30-22/h3-12,14-16,18,27-28H,13,17,19H2,1-2H3,(H,32,36)(H,33,37)/t27-,28+/m1/s1. The summed E-state index contributed by atoms with van der Waals surface area (Å²) in [4.78, 5) is 24.2. The third kappa shape index (κ3) is 5.54. The summed E-state index contributed by atoms with van der Waals surface area (Å²) >= 11 is 5.79. The minimum atomic E-state index is -0.145. The number of pyridine rings is 2. The Balaban J connectivity index is 1.40. The number of rotatable bonds is 8. The van der Waals surface area contributed by atoms with E-state index in [1.807, 2.05) is 80.7 Å². The molecule has 8 heteroatoms. The van der Waals surface area contributed by atoms with Crippen LogP contribution in [0.1, 0.15) is 46.7 Å². The van der Waals surface area contributed by atoms with Gasteiger partial charge in [0.25, 0.3) is 0 Å². The van der Waals surface area contributed by atoms with Crippen LogP contribution in [0.3, 0.4) is 0 Å². The second kappa shape index (κ2) is 10.9. The monoisotopic (exact) mass is 510 g/mol. The van der Waals surface area contributed by atoms with Crippen molar-refractivity contribution in [1.29, 1.82) is 0 Å². The normalized spacial score (nSPS) is 17.0. The molecule has 2 N–H and O–H groups in total. The summed E-state index contributed by atoms with van der Waals surface area (Å²) in [6, 6.07) is 21.8. The van der Waals surface area contributed by atoms with Crippen molar-refractivity contribution in [3.8, 4) is 0 Å². The van der Waals surface area contributed by atoms with Crippen LogP contribution in [0.4, 0.5) is 5.69 Å². The Morgan fingerprint density at radius 3 is 2.59 bits per heavy atom. The molecule has 1 aromatic carbocycles. The number of amides is 1. The molecular weight excluding hydrogens is 480 g/mol. The molecule has 1 amide bonds. The first-order valence-electron chi connectivity index (χ1n) is 12.4. The fourth-order valence-electron chi connectivity index (χ4n) is 4.78. The second-order valence-corrected chi connectivity index (χ2v) is 9.71. The van der Waals surface area contributed by atoms with Crippen molar-refractivity contribution in [2.75, 3.05) is 11.9 Å². The number of anilines is 1. The van der Waals surface area contributed by atoms with Crippen LogP contribution in [0.2, 0.25) is 0 Å². The lowest BCUT2D eigenvalue weighted by molar-refractivity contribution is -0.116. The Morgan fingerprint density at radius 1 is 1.03 bits per heavy atom. The van der Waals surface area contributed by atoms with E-state index in [4.69, 9.17) is 12.2 Å². The zero-order chi connectivity index (χ0) is 25.8. The minimum absolute atomic E-state index is 0.0413. The van der Waals surface area contributed by atoms with E-state index in [1.165, 1.54) is 0 Å². The molecule has 0 radical (unpaired) electrons. The topological polar surface area (TPSA) is 75.1 Å². The van der Waals surface area contributed by atoms with Crippen LogP contribution in [-0.4, -0.2) is 37.0 Å². The van der Waals surface area contributed by atoms with Gasteiger partial charge in [0, 0.05) is 42.9 Å². The molecule has 37 heavy (non-hydrogen) atoms. The summed E-state index contributed by atoms with van der Waals surface area (Å²) < 4.78 is 2.20. The maximum atomic E-state index is 13.0. The molecule has 188 valence electrons. The Bertz CT molecular complexity index is 1390. The van der Waals surface area contributed by atoms with Gasteiger partial charge in [-0.2, -0.15) is 0 Å². The predicted molar refractivity (Wildman–Crippen MR) is 149 cm³/mol. The first kappa shape index (κ1) is 24.6. The van der Waals surface area contributed by atoms with E-state index in [0.717, 1.165) is 33.9 Å². The molecule has 0 spiro atoms. The number of carbonyl (C=O) groups excluding carboxylic acids is 1. The average Bonchev–Trinajstić information content (AvgIpc) is 3.49. The van der Waals surface area contributed by atoms with Gasteiger partial charge < -0.3 is 20.1 Å². The van der Waals surface area contributed by atoms with E-state index in [2.05, 4.69) is 42.3 Å². The number of nitrogens with zero attached hydrogens (tertiary/aromatic N) is 4. The second-order valence-electron chi connectivity index (χ2n) is 9.32. The quantitative estimate of drug-likeness (QED) is 0.327. The summed E-state index contributed by atoms with van der Waals surface area (Å²) in [5, 5.41) is 7.16. The van der Waals surface area contributed by atoms with Crippen molar-refractivity contribution in [3.63, 3.8) is 0 Å². The highest BCUT2D eigenvalue weighted by Crippen LogP contribution is 2.39. The third-order valence-electron chi connectivity index (χ3n) is 6.67. The van der Waals surface area contributed by atoms with Crippen molar-refractivity contribution in [2.24, 2.45) is 0 Å². The van der Waals surface area contributed by atoms with Gasteiger partial charge in [0.2, 0.25) is 5.91 Å². The number of hydrogen-bond donors (Lipinski definition) is 2. The molecule has 0 unspecified atom stereocenters. The van der Waals surface area contributed by atoms with Crippen molar-refractivity contribution in [2.45, 2.75) is 38.9 Å². The number of hydrogen-bond acceptors (Lipinski definition) is 4. The summed E-state index contributed by atoms with van der Waals surface area (Å²) in [5.74, 6) is -0.0413. The molecule has 2 atom stereocenters. The van der Waals surface area contributed by atoms with Gasteiger partial charge in [-0.25, -0.2) is 0 Å². The minimum Gasteiger partial charge on any atom is -0.352 e. The number of nitrogens with one attached hydrogen (secondary N) is 2. The molecule has 4 heterocycles. The largest absolute Gasteiger partial charge is 0.352 e. The molecule has 0 bridgehead atoms. The Morgan fingerprint density at radius 2 is 1.84 bits per heavy atom. The predicted octanol–water partition coefficient (Wildman–Crippen LogP) is 4.94. The van der Waals surface area contributed by atoms with Gasteiger partial charge in [-0.1, -0.05) is 24.3 Å². The molecular formula is C29H30N6OS. The number of benzene rings is 1. The van der Waals surface area contributed by atoms with Crippen LogP contribution in [-0.2, 0) is 11.3 Å². The van der Waals surface area contributed by atoms with Crippen molar-refractivity contribution >= 4 is 28.9 Å². The van der Waals surface area contributed by atoms with Gasteiger partial charge in [-0.3, -0.25) is 14.8 Å². The van der Waals surface area contributed by atoms with Crippen molar-refractivity contribution in [3.05, 3.63) is 114 Å². The fourth-order valence-corrected chi connectivity index (χ4v) is 5.11. The van der Waals surface area contributed by atoms with Crippen LogP contribution >= 0.6 is 12.2 Å². The van der Waals surface area contributed by atoms with Crippen LogP contribution in [0.5, 0.6) is 0 Å². The van der Waals surface area contributed by atoms with Gasteiger partial charge >= 0.3 is 0 Å². The molecule has 1 aliphatic rings. The zero-order valence-electron chi connectivity index (χ0n) is 21.0. The number of aromatic nitrogens is 3. The third-order valence-corrected chi connectivity index (χ3v) is 7.02. The van der Waals surface area contributed by atoms with E-state index >= 15 is 0 Å². The molecule has 7 nitrogen and oxygen atoms in total. The summed E-state index contributed by atoms with van der Waals surface area (Å²) in [6.07, 6.45) is 5.97. The number of aryl methyl sites for hydroxylation is 2. The zero-order valence-corrected chi connectivity index (χ0v) is 21.8. The summed E-state index contributed by atoms with van der Waals surface area (Å²) in [7, 11) is 0. The smallest absolute Gasteiger partial charge is 0.226 e. The van der Waals surface area contributed by atoms with E-state index in [1.54, 1.807) is 6.20 Å². The lowest BCUT2D eigenvalue weighted by Crippen LogP contribution is -2.33. The van der Waals surface area contributed by atoms with E-state index in [9.17, 15) is 4.79 Å². The van der Waals surface area contributed by atoms with Crippen LogP contribution in [0.15, 0.2) is 85.3 Å². The molecule has 0 aliphatic carbocycles. The molecule has 1 fully saturated rings. The first-order valence-corrected chi connectivity index (χ1v) is 12.8. The maximum absolute atomic E-state index is 13.0. The maximum Gasteiger partial charge on any atom is 0.226 e. The first-order chi connectivity index (χ1) is 18.0. The molecule has 0 saturated carbocycles. The summed E-state index contributed by atoms with van der Waals surface area (Å²) in [6.45, 7) is 5.14. The Labute approximate surface area is 222 Å². The molecule has 1 saturated heterocycles. The van der Waals surface area contributed by atoms with E-state index in [0.29, 0.717) is 24.6 Å². The van der Waals surface area contributed by atoms with Gasteiger partial charge in [0.15, 0.2) is 5.11 Å². The van der Waals surface area contributed by atoms with Gasteiger partial charge in [-0.05, 0) is 79.7 Å². The van der Waals surface area contributed by atoms with Crippen LogP contribution in [0, 0.1) is 13.8 Å². The van der Waals surface area contributed by atoms with Crippen molar-refractivity contribution in [1.82, 2.24) is 24.8 Å². The van der Waals surface area contributed by atoms with Crippen LogP contribution < -0.4 is 10.6 Å². The Hall–Kier alpha value is -4.04. The Kier molecular flexibility index (Phi) is 7.28. The van der Waals surface area contributed by atoms with E-state index in [-0.39, 0.29) is 18.0 Å². The summed E-state index contributed by atoms with van der Waals surface area (Å²) in [5.41, 5.74) is 5.96. The molecule has 1 aliphatic heterocycles. The van der Waals surface area contributed by atoms with Crippen molar-refractivity contribution < 1.29 is 4.79 Å². The number of carbonyl (C=O) groups is 1. The molecule has 3 aromatic heterocycles. The fraction of sp³-hybridized carbons (Fsp3) is 0.241. The lowest BCUT2D eigenvalue weighted by atomic mass is 10.0. The van der Waals surface area contributed by atoms with Gasteiger partial charge in [0.1, 0.15) is 0 Å². The van der Waals surface area contributed by atoms with Crippen LogP contribution in [0.25, 0.3) is 0 Å². The van der Waals surface area contributed by atoms with E-state index < -0.39 is 0 Å².